The number of rotatable bonds is 0. The zero-order valence-corrected chi connectivity index (χ0v) is 7.42. The van der Waals surface area contributed by atoms with Gasteiger partial charge in [0.25, 0.3) is 0 Å². The van der Waals surface area contributed by atoms with E-state index in [-0.39, 0.29) is 0 Å². The topological polar surface area (TPSA) is 0 Å². The van der Waals surface area contributed by atoms with Crippen molar-refractivity contribution in [3.05, 3.63) is 10.2 Å². The SMILES string of the molecule is CI1C=CC2C[N+]21C. The third-order valence-corrected chi connectivity index (χ3v) is 8.23. The molecule has 0 amide bonds. The minimum absolute atomic E-state index is 0.584. The van der Waals surface area contributed by atoms with Gasteiger partial charge in [0.05, 0.1) is 0 Å². The summed E-state index contributed by atoms with van der Waals surface area (Å²) in [6.07, 6.45) is 2.42. The van der Waals surface area contributed by atoms with E-state index in [9.17, 15) is 0 Å². The van der Waals surface area contributed by atoms with E-state index in [0.717, 1.165) is 6.04 Å². The Morgan fingerprint density at radius 2 is 2.50 bits per heavy atom. The predicted molar refractivity (Wildman–Crippen MR) is 43.9 cm³/mol. The summed E-state index contributed by atoms with van der Waals surface area (Å²) >= 11 is -0.584. The fraction of sp³-hybridized carbons (Fsp3) is 0.667. The van der Waals surface area contributed by atoms with Crippen LogP contribution in [0.1, 0.15) is 0 Å². The molecule has 1 fully saturated rings. The van der Waals surface area contributed by atoms with Gasteiger partial charge in [-0.2, -0.15) is 0 Å². The van der Waals surface area contributed by atoms with E-state index in [2.05, 4.69) is 22.1 Å². The number of alkyl halides is 1. The second-order valence-corrected chi connectivity index (χ2v) is 8.39. The Morgan fingerprint density at radius 1 is 1.75 bits per heavy atom. The van der Waals surface area contributed by atoms with Gasteiger partial charge < -0.3 is 0 Å². The quantitative estimate of drug-likeness (QED) is 0.252. The van der Waals surface area contributed by atoms with Crippen molar-refractivity contribution >= 4 is 20.1 Å². The molecule has 0 aliphatic carbocycles. The molecule has 2 heterocycles. The van der Waals surface area contributed by atoms with Crippen LogP contribution in [-0.2, 0) is 0 Å². The van der Waals surface area contributed by atoms with Crippen molar-refractivity contribution in [1.29, 1.82) is 0 Å². The Bertz CT molecular complexity index is 155. The number of nitrogens with zero attached hydrogens (tertiary/aromatic N) is 1. The molecule has 0 bridgehead atoms. The zero-order valence-electron chi connectivity index (χ0n) is 5.26. The monoisotopic (exact) mass is 224 g/mol. The van der Waals surface area contributed by atoms with Crippen LogP contribution < -0.4 is 0 Å². The van der Waals surface area contributed by atoms with Crippen LogP contribution in [0.2, 0.25) is 0 Å². The third kappa shape index (κ3) is 0.454. The van der Waals surface area contributed by atoms with Crippen molar-refractivity contribution in [2.45, 2.75) is 6.04 Å². The van der Waals surface area contributed by atoms with Gasteiger partial charge in [-0.1, -0.05) is 0 Å². The van der Waals surface area contributed by atoms with Gasteiger partial charge in [0.1, 0.15) is 0 Å². The van der Waals surface area contributed by atoms with Gasteiger partial charge in [0.15, 0.2) is 0 Å². The van der Waals surface area contributed by atoms with Crippen molar-refractivity contribution in [3.63, 3.8) is 0 Å². The summed E-state index contributed by atoms with van der Waals surface area (Å²) in [6, 6.07) is 0.963. The van der Waals surface area contributed by atoms with Crippen LogP contribution in [0.15, 0.2) is 10.2 Å². The molecule has 1 saturated heterocycles. The minimum atomic E-state index is -0.584. The van der Waals surface area contributed by atoms with Crippen molar-refractivity contribution < 1.29 is 2.70 Å². The van der Waals surface area contributed by atoms with Crippen LogP contribution in [0.5, 0.6) is 0 Å². The molecule has 1 nitrogen and oxygen atoms in total. The first-order valence-electron chi connectivity index (χ1n) is 2.86. The number of fused-ring (bicyclic) bond motifs is 1. The molecule has 46 valence electrons. The molecule has 0 aromatic rings. The molecule has 0 aromatic carbocycles. The van der Waals surface area contributed by atoms with Crippen LogP contribution in [0.4, 0.5) is 0 Å². The molecule has 8 heavy (non-hydrogen) atoms. The molecule has 2 rings (SSSR count). The standard InChI is InChI=1S/C6H11IN/c1-7-4-3-6-5-8(6,7)2/h3-4,6H,5H2,1-2H3/q+1. The first-order valence-corrected chi connectivity index (χ1v) is 7.23. The summed E-state index contributed by atoms with van der Waals surface area (Å²) in [5.74, 6) is 0. The number of likely N-dealkylation sites (N-methyl/N-ethyl adjacent to an activating group) is 1. The Morgan fingerprint density at radius 3 is 2.62 bits per heavy atom. The molecule has 0 radical (unpaired) electrons. The molecule has 0 saturated carbocycles. The molecule has 0 aromatic heterocycles. The van der Waals surface area contributed by atoms with E-state index in [1.54, 1.807) is 0 Å². The Hall–Kier alpha value is 0.430. The molecule has 2 unspecified atom stereocenters. The molecular weight excluding hydrogens is 213 g/mol. The molecule has 0 N–H and O–H groups in total. The van der Waals surface area contributed by atoms with Crippen molar-refractivity contribution in [1.82, 2.24) is 0 Å². The summed E-state index contributed by atoms with van der Waals surface area (Å²) in [7, 11) is 2.40. The first kappa shape index (κ1) is 5.23. The van der Waals surface area contributed by atoms with Gasteiger partial charge >= 0.3 is 57.5 Å². The summed E-state index contributed by atoms with van der Waals surface area (Å²) in [5, 5.41) is 0. The van der Waals surface area contributed by atoms with Gasteiger partial charge in [-0.3, -0.25) is 0 Å². The summed E-state index contributed by atoms with van der Waals surface area (Å²) < 4.78 is 3.93. The number of halogens is 1. The van der Waals surface area contributed by atoms with Gasteiger partial charge in [0, 0.05) is 0 Å². The van der Waals surface area contributed by atoms with Crippen LogP contribution in [-0.4, -0.2) is 27.3 Å². The molecule has 2 aliphatic heterocycles. The van der Waals surface area contributed by atoms with Gasteiger partial charge in [-0.25, -0.2) is 0 Å². The number of hydrogen-bond acceptors (Lipinski definition) is 0. The predicted octanol–water partition coefficient (Wildman–Crippen LogP) is 1.39. The summed E-state index contributed by atoms with van der Waals surface area (Å²) in [6.45, 7) is 1.46. The summed E-state index contributed by atoms with van der Waals surface area (Å²) in [5.41, 5.74) is 0. The zero-order chi connectivity index (χ0) is 5.78. The van der Waals surface area contributed by atoms with E-state index in [0.29, 0.717) is 0 Å². The van der Waals surface area contributed by atoms with Crippen molar-refractivity contribution in [2.24, 2.45) is 0 Å². The van der Waals surface area contributed by atoms with Gasteiger partial charge in [0.2, 0.25) is 0 Å². The first-order chi connectivity index (χ1) is 3.73. The van der Waals surface area contributed by atoms with E-state index >= 15 is 0 Å². The van der Waals surface area contributed by atoms with Gasteiger partial charge in [-0.15, -0.1) is 0 Å². The average Bonchev–Trinajstić information content (AvgIpc) is 2.31. The molecule has 2 heteroatoms. The normalized spacial score (nSPS) is 54.2. The Labute approximate surface area is 57.7 Å². The Kier molecular flexibility index (Phi) is 0.844. The van der Waals surface area contributed by atoms with Crippen LogP contribution >= 0.6 is 20.1 Å². The Balaban J connectivity index is 2.29. The number of quaternary nitrogens is 1. The molecule has 2 atom stereocenters. The van der Waals surface area contributed by atoms with E-state index in [1.807, 2.05) is 0 Å². The van der Waals surface area contributed by atoms with Crippen molar-refractivity contribution in [3.8, 4) is 0 Å². The second-order valence-electron chi connectivity index (χ2n) is 2.70. The third-order valence-electron chi connectivity index (χ3n) is 2.19. The maximum absolute atomic E-state index is 2.48. The van der Waals surface area contributed by atoms with Crippen LogP contribution in [0, 0.1) is 0 Å². The van der Waals surface area contributed by atoms with E-state index in [4.69, 9.17) is 0 Å². The van der Waals surface area contributed by atoms with Crippen LogP contribution in [0.3, 0.4) is 0 Å². The summed E-state index contributed by atoms with van der Waals surface area (Å²) in [4.78, 5) is 2.45. The van der Waals surface area contributed by atoms with Gasteiger partial charge in [-0.05, 0) is 0 Å². The van der Waals surface area contributed by atoms with Crippen LogP contribution in [0.25, 0.3) is 0 Å². The number of hydrogen-bond donors (Lipinski definition) is 0. The molecule has 2 aliphatic rings. The van der Waals surface area contributed by atoms with E-state index in [1.165, 1.54) is 9.24 Å². The van der Waals surface area contributed by atoms with Crippen molar-refractivity contribution in [2.75, 3.05) is 18.5 Å². The molecule has 0 spiro atoms. The second kappa shape index (κ2) is 1.29. The fourth-order valence-corrected chi connectivity index (χ4v) is 5.34. The fourth-order valence-electron chi connectivity index (χ4n) is 1.18. The average molecular weight is 224 g/mol. The molecular formula is C6H11IN+. The van der Waals surface area contributed by atoms with E-state index < -0.39 is 20.1 Å². The maximum atomic E-state index is 2.48.